The maximum Gasteiger partial charge on any atom is 0.251 e. The van der Waals surface area contributed by atoms with Crippen LogP contribution in [0.4, 0.5) is 5.69 Å². The molecule has 0 radical (unpaired) electrons. The van der Waals surface area contributed by atoms with Crippen molar-refractivity contribution in [3.05, 3.63) is 41.5 Å². The second-order valence-corrected chi connectivity index (χ2v) is 6.39. The van der Waals surface area contributed by atoms with Crippen molar-refractivity contribution < 1.29 is 9.59 Å². The van der Waals surface area contributed by atoms with Gasteiger partial charge in [-0.15, -0.1) is 0 Å². The summed E-state index contributed by atoms with van der Waals surface area (Å²) >= 11 is 0. The van der Waals surface area contributed by atoms with Crippen molar-refractivity contribution in [1.29, 1.82) is 0 Å². The van der Waals surface area contributed by atoms with Crippen LogP contribution in [0.15, 0.2) is 35.9 Å². The first-order valence-electron chi connectivity index (χ1n) is 8.21. The Morgan fingerprint density at radius 2 is 2.00 bits per heavy atom. The van der Waals surface area contributed by atoms with Gasteiger partial charge in [0.1, 0.15) is 0 Å². The number of hydrogen-bond donors (Lipinski definition) is 3. The Labute approximate surface area is 136 Å². The van der Waals surface area contributed by atoms with Gasteiger partial charge < -0.3 is 16.0 Å². The fourth-order valence-corrected chi connectivity index (χ4v) is 2.75. The number of carbonyl (C=O) groups excluding carboxylic acids is 2. The van der Waals surface area contributed by atoms with Gasteiger partial charge in [0, 0.05) is 30.3 Å². The maximum atomic E-state index is 12.1. The molecule has 0 bridgehead atoms. The largest absolute Gasteiger partial charge is 0.348 e. The Morgan fingerprint density at radius 3 is 2.61 bits per heavy atom. The van der Waals surface area contributed by atoms with Crippen LogP contribution >= 0.6 is 0 Å². The zero-order chi connectivity index (χ0) is 16.2. The molecule has 3 rings (SSSR count). The number of nitrogens with one attached hydrogen (secondary N) is 3. The first-order valence-corrected chi connectivity index (χ1v) is 8.21. The first kappa shape index (κ1) is 15.7. The van der Waals surface area contributed by atoms with E-state index in [1.807, 2.05) is 0 Å². The minimum atomic E-state index is -0.0851. The van der Waals surface area contributed by atoms with Gasteiger partial charge >= 0.3 is 0 Å². The van der Waals surface area contributed by atoms with E-state index < -0.39 is 0 Å². The molecule has 1 aromatic rings. The third-order valence-electron chi connectivity index (χ3n) is 4.49. The third kappa shape index (κ3) is 4.20. The van der Waals surface area contributed by atoms with Crippen molar-refractivity contribution in [2.45, 2.75) is 19.8 Å². The molecule has 122 valence electrons. The van der Waals surface area contributed by atoms with Crippen LogP contribution in [0.25, 0.3) is 0 Å². The first-order chi connectivity index (χ1) is 11.1. The van der Waals surface area contributed by atoms with Gasteiger partial charge in [-0.05, 0) is 49.6 Å². The Kier molecular flexibility index (Phi) is 4.76. The fraction of sp³-hybridized carbons (Fsp3) is 0.444. The average Bonchev–Trinajstić information content (AvgIpc) is 3.31. The predicted octanol–water partition coefficient (Wildman–Crippen LogP) is 1.93. The molecule has 0 saturated heterocycles. The van der Waals surface area contributed by atoms with E-state index >= 15 is 0 Å². The molecular formula is C18H23N3O2. The van der Waals surface area contributed by atoms with Gasteiger partial charge in [0.2, 0.25) is 5.91 Å². The zero-order valence-electron chi connectivity index (χ0n) is 13.4. The molecule has 0 aromatic heterocycles. The van der Waals surface area contributed by atoms with E-state index in [0.717, 1.165) is 31.6 Å². The molecule has 23 heavy (non-hydrogen) atoms. The number of carbonyl (C=O) groups is 2. The van der Waals surface area contributed by atoms with Gasteiger partial charge in [-0.1, -0.05) is 18.6 Å². The number of hydrogen-bond acceptors (Lipinski definition) is 3. The van der Waals surface area contributed by atoms with Crippen molar-refractivity contribution in [3.63, 3.8) is 0 Å². The Morgan fingerprint density at radius 1 is 1.26 bits per heavy atom. The van der Waals surface area contributed by atoms with Gasteiger partial charge in [0.15, 0.2) is 0 Å². The normalized spacial score (nSPS) is 22.9. The average molecular weight is 313 g/mol. The van der Waals surface area contributed by atoms with Gasteiger partial charge in [-0.3, -0.25) is 9.59 Å². The predicted molar refractivity (Wildman–Crippen MR) is 90.2 cm³/mol. The number of benzene rings is 1. The Bertz CT molecular complexity index is 622. The highest BCUT2D eigenvalue weighted by Crippen LogP contribution is 2.38. The topological polar surface area (TPSA) is 70.2 Å². The molecule has 2 amide bonds. The van der Waals surface area contributed by atoms with Crippen molar-refractivity contribution >= 4 is 17.5 Å². The molecule has 1 aliphatic carbocycles. The standard InChI is InChI=1S/C18H23N3O2/c1-12-10-16(12)18(23)21-15-4-2-14(3-5-15)17(22)20-11-13-6-8-19-9-7-13/h2-6,12,16,19H,7-11H2,1H3,(H,20,22)(H,21,23). The second-order valence-electron chi connectivity index (χ2n) is 6.39. The summed E-state index contributed by atoms with van der Waals surface area (Å²) in [6, 6.07) is 7.06. The van der Waals surface area contributed by atoms with Crippen LogP contribution in [0.3, 0.4) is 0 Å². The molecule has 2 aliphatic rings. The quantitative estimate of drug-likeness (QED) is 0.728. The molecule has 2 atom stereocenters. The number of rotatable bonds is 5. The second kappa shape index (κ2) is 6.96. The third-order valence-corrected chi connectivity index (χ3v) is 4.49. The van der Waals surface area contributed by atoms with Gasteiger partial charge in [-0.25, -0.2) is 0 Å². The monoisotopic (exact) mass is 313 g/mol. The van der Waals surface area contributed by atoms with Crippen LogP contribution in [0.2, 0.25) is 0 Å². The zero-order valence-corrected chi connectivity index (χ0v) is 13.4. The summed E-state index contributed by atoms with van der Waals surface area (Å²) in [6.07, 6.45) is 4.07. The molecule has 5 nitrogen and oxygen atoms in total. The van der Waals surface area contributed by atoms with Crippen molar-refractivity contribution in [2.24, 2.45) is 11.8 Å². The maximum absolute atomic E-state index is 12.1. The van der Waals surface area contributed by atoms with E-state index in [1.54, 1.807) is 24.3 Å². The smallest absolute Gasteiger partial charge is 0.251 e. The summed E-state index contributed by atoms with van der Waals surface area (Å²) in [4.78, 5) is 24.0. The molecule has 1 fully saturated rings. The number of amides is 2. The molecule has 1 saturated carbocycles. The van der Waals surface area contributed by atoms with E-state index in [9.17, 15) is 9.59 Å². The highest BCUT2D eigenvalue weighted by molar-refractivity contribution is 5.97. The molecule has 1 aliphatic heterocycles. The molecule has 0 spiro atoms. The Balaban J connectivity index is 1.50. The highest BCUT2D eigenvalue weighted by Gasteiger charge is 2.39. The summed E-state index contributed by atoms with van der Waals surface area (Å²) in [7, 11) is 0. The summed E-state index contributed by atoms with van der Waals surface area (Å²) in [5, 5.41) is 9.09. The summed E-state index contributed by atoms with van der Waals surface area (Å²) in [6.45, 7) is 4.52. The molecule has 5 heteroatoms. The van der Waals surface area contributed by atoms with Crippen molar-refractivity contribution in [1.82, 2.24) is 10.6 Å². The van der Waals surface area contributed by atoms with Crippen molar-refractivity contribution in [2.75, 3.05) is 25.0 Å². The number of anilines is 1. The van der Waals surface area contributed by atoms with E-state index in [1.165, 1.54) is 5.57 Å². The highest BCUT2D eigenvalue weighted by atomic mass is 16.2. The lowest BCUT2D eigenvalue weighted by Gasteiger charge is -2.14. The van der Waals surface area contributed by atoms with E-state index in [-0.39, 0.29) is 17.7 Å². The van der Waals surface area contributed by atoms with Gasteiger partial charge in [0.25, 0.3) is 5.91 Å². The molecular weight excluding hydrogens is 290 g/mol. The van der Waals surface area contributed by atoms with Crippen LogP contribution in [-0.4, -0.2) is 31.4 Å². The van der Waals surface area contributed by atoms with E-state index in [0.29, 0.717) is 18.0 Å². The molecule has 1 aromatic carbocycles. The fourth-order valence-electron chi connectivity index (χ4n) is 2.75. The lowest BCUT2D eigenvalue weighted by molar-refractivity contribution is -0.117. The minimum absolute atomic E-state index is 0.0764. The van der Waals surface area contributed by atoms with Crippen LogP contribution in [0.5, 0.6) is 0 Å². The summed E-state index contributed by atoms with van der Waals surface area (Å²) < 4.78 is 0. The minimum Gasteiger partial charge on any atom is -0.348 e. The lowest BCUT2D eigenvalue weighted by Crippen LogP contribution is -2.29. The lowest BCUT2D eigenvalue weighted by atomic mass is 10.1. The van der Waals surface area contributed by atoms with E-state index in [2.05, 4.69) is 29.0 Å². The SMILES string of the molecule is CC1CC1C(=O)Nc1ccc(C(=O)NCC2=CCNCC2)cc1. The van der Waals surface area contributed by atoms with Crippen LogP contribution in [0, 0.1) is 11.8 Å². The molecule has 2 unspecified atom stereocenters. The van der Waals surface area contributed by atoms with Crippen LogP contribution in [-0.2, 0) is 4.79 Å². The molecule has 1 heterocycles. The van der Waals surface area contributed by atoms with Gasteiger partial charge in [-0.2, -0.15) is 0 Å². The Hall–Kier alpha value is -2.14. The summed E-state index contributed by atoms with van der Waals surface area (Å²) in [5.74, 6) is 0.631. The molecule has 3 N–H and O–H groups in total. The van der Waals surface area contributed by atoms with Gasteiger partial charge in [0.05, 0.1) is 0 Å². The van der Waals surface area contributed by atoms with Crippen molar-refractivity contribution in [3.8, 4) is 0 Å². The summed E-state index contributed by atoms with van der Waals surface area (Å²) in [5.41, 5.74) is 2.61. The van der Waals surface area contributed by atoms with Crippen LogP contribution < -0.4 is 16.0 Å². The van der Waals surface area contributed by atoms with Crippen LogP contribution in [0.1, 0.15) is 30.1 Å². The van der Waals surface area contributed by atoms with E-state index in [4.69, 9.17) is 0 Å².